The van der Waals surface area contributed by atoms with E-state index in [0.717, 1.165) is 18.2 Å². The molecule has 0 saturated heterocycles. The molecule has 0 fully saturated rings. The van der Waals surface area contributed by atoms with Crippen molar-refractivity contribution in [1.82, 2.24) is 0 Å². The molecule has 0 radical (unpaired) electrons. The van der Waals surface area contributed by atoms with Crippen molar-refractivity contribution in [2.75, 3.05) is 0 Å². The van der Waals surface area contributed by atoms with Crippen LogP contribution in [0, 0.1) is 23.0 Å². The summed E-state index contributed by atoms with van der Waals surface area (Å²) < 4.78 is 26.0. The Kier molecular flexibility index (Phi) is 3.08. The number of hydrogen-bond donors (Lipinski definition) is 0. The second-order valence-electron chi connectivity index (χ2n) is 2.44. The molecular weight excluding hydrogens is 188 g/mol. The fourth-order valence-corrected chi connectivity index (χ4v) is 0.950. The normalized spacial score (nSPS) is 10.1. The summed E-state index contributed by atoms with van der Waals surface area (Å²) in [6, 6.07) is 3.80. The lowest BCUT2D eigenvalue weighted by molar-refractivity contribution is 0.111. The molecule has 70 valence electrons. The molecule has 0 amide bonds. The first kappa shape index (κ1) is 10.1. The molecule has 0 bridgehead atoms. The minimum absolute atomic E-state index is 0.00931. The number of aldehydes is 1. The second kappa shape index (κ2) is 4.28. The molecular formula is C10H5F2NO. The molecule has 0 unspecified atom stereocenters. The maximum Gasteiger partial charge on any atom is 0.155 e. The Labute approximate surface area is 79.1 Å². The summed E-state index contributed by atoms with van der Waals surface area (Å²) in [7, 11) is 0. The van der Waals surface area contributed by atoms with Crippen molar-refractivity contribution in [2.24, 2.45) is 0 Å². The number of rotatable bonds is 2. The van der Waals surface area contributed by atoms with Crippen LogP contribution in [0.5, 0.6) is 0 Å². The van der Waals surface area contributed by atoms with E-state index in [4.69, 9.17) is 5.26 Å². The standard InChI is InChI=1S/C10H5F2NO/c11-9-4-3-7(2-1-5-13)10(12)8(9)6-14/h1-4,6H. The van der Waals surface area contributed by atoms with E-state index in [0.29, 0.717) is 0 Å². The predicted molar refractivity (Wildman–Crippen MR) is 46.4 cm³/mol. The van der Waals surface area contributed by atoms with Gasteiger partial charge in [0.2, 0.25) is 0 Å². The molecule has 1 rings (SSSR count). The molecule has 0 N–H and O–H groups in total. The number of carbonyl (C=O) groups excluding carboxylic acids is 1. The minimum atomic E-state index is -0.952. The van der Waals surface area contributed by atoms with Crippen LogP contribution in [0.4, 0.5) is 8.78 Å². The van der Waals surface area contributed by atoms with Crippen LogP contribution in [-0.2, 0) is 0 Å². The van der Waals surface area contributed by atoms with E-state index >= 15 is 0 Å². The lowest BCUT2D eigenvalue weighted by Gasteiger charge is -2.00. The number of benzene rings is 1. The van der Waals surface area contributed by atoms with Gasteiger partial charge in [-0.25, -0.2) is 8.78 Å². The molecule has 0 aromatic heterocycles. The van der Waals surface area contributed by atoms with Crippen molar-refractivity contribution in [2.45, 2.75) is 0 Å². The van der Waals surface area contributed by atoms with Gasteiger partial charge >= 0.3 is 0 Å². The molecule has 1 aromatic carbocycles. The Balaban J connectivity index is 3.29. The third-order valence-electron chi connectivity index (χ3n) is 1.61. The van der Waals surface area contributed by atoms with Crippen LogP contribution >= 0.6 is 0 Å². The number of nitriles is 1. The highest BCUT2D eigenvalue weighted by Crippen LogP contribution is 2.16. The molecule has 0 saturated carbocycles. The Morgan fingerprint density at radius 3 is 2.64 bits per heavy atom. The third-order valence-corrected chi connectivity index (χ3v) is 1.61. The maximum absolute atomic E-state index is 13.2. The zero-order valence-electron chi connectivity index (χ0n) is 7.00. The van der Waals surface area contributed by atoms with Crippen molar-refractivity contribution in [1.29, 1.82) is 5.26 Å². The zero-order chi connectivity index (χ0) is 10.6. The van der Waals surface area contributed by atoms with Crippen LogP contribution in [0.1, 0.15) is 15.9 Å². The van der Waals surface area contributed by atoms with Crippen molar-refractivity contribution < 1.29 is 13.6 Å². The largest absolute Gasteiger partial charge is 0.298 e. The first-order chi connectivity index (χ1) is 6.70. The summed E-state index contributed by atoms with van der Waals surface area (Å²) in [6.45, 7) is 0. The molecule has 0 aliphatic heterocycles. The molecule has 1 aromatic rings. The van der Waals surface area contributed by atoms with Gasteiger partial charge in [0.1, 0.15) is 11.6 Å². The Morgan fingerprint density at radius 1 is 1.36 bits per heavy atom. The smallest absolute Gasteiger partial charge is 0.155 e. The Morgan fingerprint density at radius 2 is 2.07 bits per heavy atom. The molecule has 0 heterocycles. The highest BCUT2D eigenvalue weighted by atomic mass is 19.1. The first-order valence-corrected chi connectivity index (χ1v) is 3.70. The molecule has 0 aliphatic rings. The number of allylic oxidation sites excluding steroid dienone is 1. The fourth-order valence-electron chi connectivity index (χ4n) is 0.950. The quantitative estimate of drug-likeness (QED) is 0.534. The van der Waals surface area contributed by atoms with Crippen LogP contribution in [0.15, 0.2) is 18.2 Å². The average molecular weight is 193 g/mol. The van der Waals surface area contributed by atoms with Crippen LogP contribution in [-0.4, -0.2) is 6.29 Å². The van der Waals surface area contributed by atoms with Gasteiger partial charge in [0.05, 0.1) is 11.6 Å². The van der Waals surface area contributed by atoms with Crippen molar-refractivity contribution >= 4 is 12.4 Å². The lowest BCUT2D eigenvalue weighted by Crippen LogP contribution is -1.95. The summed E-state index contributed by atoms with van der Waals surface area (Å²) in [6.07, 6.45) is 2.32. The molecule has 14 heavy (non-hydrogen) atoms. The van der Waals surface area contributed by atoms with E-state index < -0.39 is 17.2 Å². The second-order valence-corrected chi connectivity index (χ2v) is 2.44. The van der Waals surface area contributed by atoms with Crippen molar-refractivity contribution in [3.8, 4) is 6.07 Å². The molecule has 4 heteroatoms. The van der Waals surface area contributed by atoms with Gasteiger partial charge in [-0.15, -0.1) is 0 Å². The lowest BCUT2D eigenvalue weighted by atomic mass is 10.1. The minimum Gasteiger partial charge on any atom is -0.298 e. The topological polar surface area (TPSA) is 40.9 Å². The highest BCUT2D eigenvalue weighted by Gasteiger charge is 2.10. The average Bonchev–Trinajstić information content (AvgIpc) is 2.18. The van der Waals surface area contributed by atoms with Crippen LogP contribution < -0.4 is 0 Å². The number of carbonyl (C=O) groups is 1. The summed E-state index contributed by atoms with van der Waals surface area (Å²) in [5, 5.41) is 8.20. The predicted octanol–water partition coefficient (Wildman–Crippen LogP) is 2.31. The van der Waals surface area contributed by atoms with Crippen LogP contribution in [0.25, 0.3) is 6.08 Å². The Hall–Kier alpha value is -2.02. The van der Waals surface area contributed by atoms with E-state index in [1.54, 1.807) is 6.07 Å². The number of halogens is 2. The SMILES string of the molecule is N#CC=Cc1ccc(F)c(C=O)c1F. The summed E-state index contributed by atoms with van der Waals surface area (Å²) >= 11 is 0. The molecule has 0 aliphatic carbocycles. The van der Waals surface area contributed by atoms with Gasteiger partial charge in [0, 0.05) is 11.6 Å². The van der Waals surface area contributed by atoms with Crippen molar-refractivity contribution in [3.05, 3.63) is 41.0 Å². The summed E-state index contributed by atoms with van der Waals surface area (Å²) in [4.78, 5) is 10.3. The van der Waals surface area contributed by atoms with Gasteiger partial charge in [-0.3, -0.25) is 4.79 Å². The van der Waals surface area contributed by atoms with Gasteiger partial charge in [-0.2, -0.15) is 5.26 Å². The third kappa shape index (κ3) is 1.83. The van der Waals surface area contributed by atoms with E-state index in [1.165, 1.54) is 6.08 Å². The van der Waals surface area contributed by atoms with E-state index in [9.17, 15) is 13.6 Å². The van der Waals surface area contributed by atoms with Crippen LogP contribution in [0.2, 0.25) is 0 Å². The van der Waals surface area contributed by atoms with Crippen molar-refractivity contribution in [3.63, 3.8) is 0 Å². The van der Waals surface area contributed by atoms with Gasteiger partial charge in [0.15, 0.2) is 6.29 Å². The monoisotopic (exact) mass is 193 g/mol. The maximum atomic E-state index is 13.2. The van der Waals surface area contributed by atoms with E-state index in [-0.39, 0.29) is 11.8 Å². The first-order valence-electron chi connectivity index (χ1n) is 3.70. The Bertz CT molecular complexity index is 432. The molecule has 0 atom stereocenters. The number of hydrogen-bond acceptors (Lipinski definition) is 2. The molecule has 0 spiro atoms. The molecule has 2 nitrogen and oxygen atoms in total. The van der Waals surface area contributed by atoms with Gasteiger partial charge in [-0.05, 0) is 18.2 Å². The summed E-state index contributed by atoms with van der Waals surface area (Å²) in [5.74, 6) is -1.86. The van der Waals surface area contributed by atoms with Gasteiger partial charge in [0.25, 0.3) is 0 Å². The van der Waals surface area contributed by atoms with Gasteiger partial charge < -0.3 is 0 Å². The summed E-state index contributed by atoms with van der Waals surface area (Å²) in [5.41, 5.74) is -0.611. The van der Waals surface area contributed by atoms with Crippen LogP contribution in [0.3, 0.4) is 0 Å². The van der Waals surface area contributed by atoms with E-state index in [1.807, 2.05) is 0 Å². The number of nitrogens with zero attached hydrogens (tertiary/aromatic N) is 1. The van der Waals surface area contributed by atoms with Gasteiger partial charge in [-0.1, -0.05) is 0 Å². The fraction of sp³-hybridized carbons (Fsp3) is 0. The van der Waals surface area contributed by atoms with E-state index in [2.05, 4.69) is 0 Å². The highest BCUT2D eigenvalue weighted by molar-refractivity contribution is 5.77. The zero-order valence-corrected chi connectivity index (χ0v) is 7.00.